The Hall–Kier alpha value is -1.85. The van der Waals surface area contributed by atoms with Crippen molar-refractivity contribution in [3.63, 3.8) is 0 Å². The predicted molar refractivity (Wildman–Crippen MR) is 90.6 cm³/mol. The molecule has 0 amide bonds. The van der Waals surface area contributed by atoms with Gasteiger partial charge in [-0.1, -0.05) is 42.6 Å². The number of oxime groups is 1. The van der Waals surface area contributed by atoms with Gasteiger partial charge >= 0.3 is 0 Å². The van der Waals surface area contributed by atoms with Crippen LogP contribution in [0.3, 0.4) is 0 Å². The highest BCUT2D eigenvalue weighted by atomic mass is 16.6. The summed E-state index contributed by atoms with van der Waals surface area (Å²) >= 11 is 0. The first kappa shape index (κ1) is 16.0. The average Bonchev–Trinajstić information content (AvgIpc) is 3.00. The second-order valence-corrected chi connectivity index (χ2v) is 6.11. The molecule has 1 aromatic carbocycles. The Labute approximate surface area is 136 Å². The lowest BCUT2D eigenvalue weighted by molar-refractivity contribution is 0.0388. The lowest BCUT2D eigenvalue weighted by Gasteiger charge is -2.23. The smallest absolute Gasteiger partial charge is 0.149 e. The van der Waals surface area contributed by atoms with E-state index in [1.807, 2.05) is 30.3 Å². The number of hydrogen-bond acceptors (Lipinski definition) is 5. The third-order valence-corrected chi connectivity index (χ3v) is 4.21. The van der Waals surface area contributed by atoms with Gasteiger partial charge in [-0.2, -0.15) is 0 Å². The fraction of sp³-hybridized carbons (Fsp3) is 0.500. The van der Waals surface area contributed by atoms with E-state index in [1.165, 1.54) is 38.3 Å². The molecule has 0 spiro atoms. The van der Waals surface area contributed by atoms with Crippen molar-refractivity contribution in [2.24, 2.45) is 5.16 Å². The summed E-state index contributed by atoms with van der Waals surface area (Å²) in [7, 11) is 0. The molecule has 1 unspecified atom stereocenters. The number of benzene rings is 1. The Morgan fingerprint density at radius 3 is 2.96 bits per heavy atom. The van der Waals surface area contributed by atoms with Gasteiger partial charge in [0, 0.05) is 18.0 Å². The predicted octanol–water partition coefficient (Wildman–Crippen LogP) is 3.07. The third kappa shape index (κ3) is 4.81. The third-order valence-electron chi connectivity index (χ3n) is 4.21. The zero-order chi connectivity index (χ0) is 15.9. The molecule has 1 fully saturated rings. The van der Waals surface area contributed by atoms with Crippen molar-refractivity contribution >= 4 is 17.2 Å². The van der Waals surface area contributed by atoms with E-state index in [0.29, 0.717) is 18.3 Å². The van der Waals surface area contributed by atoms with Crippen molar-refractivity contribution < 1.29 is 14.4 Å². The minimum absolute atomic E-state index is 0.177. The van der Waals surface area contributed by atoms with Gasteiger partial charge in [-0.15, -0.1) is 0 Å². The maximum Gasteiger partial charge on any atom is 0.149 e. The van der Waals surface area contributed by atoms with E-state index in [0.717, 1.165) is 11.0 Å². The molecule has 1 aromatic heterocycles. The number of aliphatic hydroxyl groups excluding tert-OH is 1. The van der Waals surface area contributed by atoms with Crippen LogP contribution in [0.2, 0.25) is 0 Å². The van der Waals surface area contributed by atoms with Gasteiger partial charge in [0.2, 0.25) is 0 Å². The molecule has 1 aliphatic rings. The molecule has 1 heterocycles. The molecule has 124 valence electrons. The standard InChI is InChI=1S/C18H24N2O3/c21-16(11-19-15-7-2-1-3-8-15)13-22-20-12-17-10-14-6-4-5-9-18(14)23-17/h4-6,9-10,12,15-16,19,21H,1-3,7-8,11,13H2/b20-12+. The van der Waals surface area contributed by atoms with E-state index in [4.69, 9.17) is 9.25 Å². The van der Waals surface area contributed by atoms with E-state index in [9.17, 15) is 5.11 Å². The molecule has 0 bridgehead atoms. The number of nitrogens with one attached hydrogen (secondary N) is 1. The minimum atomic E-state index is -0.551. The van der Waals surface area contributed by atoms with Crippen LogP contribution >= 0.6 is 0 Å². The summed E-state index contributed by atoms with van der Waals surface area (Å²) in [5, 5.41) is 18.2. The first-order valence-corrected chi connectivity index (χ1v) is 8.36. The minimum Gasteiger partial charge on any atom is -0.455 e. The number of para-hydroxylation sites is 1. The highest BCUT2D eigenvalue weighted by molar-refractivity contribution is 5.86. The Morgan fingerprint density at radius 2 is 2.13 bits per heavy atom. The van der Waals surface area contributed by atoms with Gasteiger partial charge in [0.25, 0.3) is 0 Å². The lowest BCUT2D eigenvalue weighted by atomic mass is 9.95. The van der Waals surface area contributed by atoms with Crippen LogP contribution in [0.1, 0.15) is 37.9 Å². The molecule has 0 aliphatic heterocycles. The summed E-state index contributed by atoms with van der Waals surface area (Å²) in [6.45, 7) is 0.723. The van der Waals surface area contributed by atoms with Crippen molar-refractivity contribution in [1.82, 2.24) is 5.32 Å². The lowest BCUT2D eigenvalue weighted by Crippen LogP contribution is -2.38. The maximum atomic E-state index is 9.91. The van der Waals surface area contributed by atoms with Crippen LogP contribution in [-0.2, 0) is 4.84 Å². The number of nitrogens with zero attached hydrogens (tertiary/aromatic N) is 1. The summed E-state index contributed by atoms with van der Waals surface area (Å²) in [4.78, 5) is 5.15. The molecule has 1 atom stereocenters. The Morgan fingerprint density at radius 1 is 1.30 bits per heavy atom. The number of furan rings is 1. The van der Waals surface area contributed by atoms with Gasteiger partial charge in [0.15, 0.2) is 0 Å². The van der Waals surface area contributed by atoms with Gasteiger partial charge < -0.3 is 19.7 Å². The molecular formula is C18H24N2O3. The molecule has 1 aliphatic carbocycles. The van der Waals surface area contributed by atoms with Crippen LogP contribution in [0.5, 0.6) is 0 Å². The number of rotatable bonds is 7. The van der Waals surface area contributed by atoms with E-state index in [2.05, 4.69) is 10.5 Å². The van der Waals surface area contributed by atoms with Crippen molar-refractivity contribution in [2.75, 3.05) is 13.2 Å². The Bertz CT molecular complexity index is 599. The SMILES string of the molecule is OC(CNC1CCCCC1)CO/N=C/c1cc2ccccc2o1. The molecule has 2 aromatic rings. The van der Waals surface area contributed by atoms with Crippen LogP contribution in [0.25, 0.3) is 11.0 Å². The van der Waals surface area contributed by atoms with Gasteiger partial charge in [-0.05, 0) is 25.0 Å². The quantitative estimate of drug-likeness (QED) is 0.608. The number of hydrogen-bond donors (Lipinski definition) is 2. The maximum absolute atomic E-state index is 9.91. The molecule has 3 rings (SSSR count). The largest absolute Gasteiger partial charge is 0.455 e. The summed E-state index contributed by atoms with van der Waals surface area (Å²) in [5.74, 6) is 0.640. The molecule has 5 heteroatoms. The second-order valence-electron chi connectivity index (χ2n) is 6.11. The van der Waals surface area contributed by atoms with Gasteiger partial charge in [0.05, 0.1) is 0 Å². The Kier molecular flexibility index (Phi) is 5.66. The number of fused-ring (bicyclic) bond motifs is 1. The highest BCUT2D eigenvalue weighted by Gasteiger charge is 2.14. The van der Waals surface area contributed by atoms with E-state index < -0.39 is 6.10 Å². The zero-order valence-electron chi connectivity index (χ0n) is 13.3. The molecule has 5 nitrogen and oxygen atoms in total. The van der Waals surface area contributed by atoms with Crippen molar-refractivity contribution in [3.05, 3.63) is 36.1 Å². The molecular weight excluding hydrogens is 292 g/mol. The normalized spacial score (nSPS) is 17.8. The fourth-order valence-electron chi connectivity index (χ4n) is 2.95. The molecule has 0 saturated heterocycles. The molecule has 2 N–H and O–H groups in total. The summed E-state index contributed by atoms with van der Waals surface area (Å²) in [6, 6.07) is 10.2. The van der Waals surface area contributed by atoms with E-state index in [-0.39, 0.29) is 6.61 Å². The van der Waals surface area contributed by atoms with Crippen LogP contribution < -0.4 is 5.32 Å². The zero-order valence-corrected chi connectivity index (χ0v) is 13.3. The van der Waals surface area contributed by atoms with Crippen LogP contribution in [0, 0.1) is 0 Å². The van der Waals surface area contributed by atoms with E-state index >= 15 is 0 Å². The molecule has 23 heavy (non-hydrogen) atoms. The highest BCUT2D eigenvalue weighted by Crippen LogP contribution is 2.18. The summed E-state index contributed by atoms with van der Waals surface area (Å²) in [5.41, 5.74) is 0.825. The monoisotopic (exact) mass is 316 g/mol. The Balaban J connectivity index is 1.38. The van der Waals surface area contributed by atoms with Gasteiger partial charge in [-0.3, -0.25) is 0 Å². The first-order chi connectivity index (χ1) is 11.3. The van der Waals surface area contributed by atoms with Crippen molar-refractivity contribution in [2.45, 2.75) is 44.2 Å². The molecule has 0 radical (unpaired) electrons. The summed E-state index contributed by atoms with van der Waals surface area (Å²) < 4.78 is 5.60. The van der Waals surface area contributed by atoms with Gasteiger partial charge in [0.1, 0.15) is 30.3 Å². The van der Waals surface area contributed by atoms with E-state index in [1.54, 1.807) is 0 Å². The average molecular weight is 316 g/mol. The first-order valence-electron chi connectivity index (χ1n) is 8.36. The second kappa shape index (κ2) is 8.13. The summed E-state index contributed by atoms with van der Waals surface area (Å²) in [6.07, 6.45) is 7.29. The van der Waals surface area contributed by atoms with Crippen molar-refractivity contribution in [3.8, 4) is 0 Å². The van der Waals surface area contributed by atoms with Crippen LogP contribution in [0.4, 0.5) is 0 Å². The number of aliphatic hydroxyl groups is 1. The fourth-order valence-corrected chi connectivity index (χ4v) is 2.95. The topological polar surface area (TPSA) is 67.0 Å². The van der Waals surface area contributed by atoms with Crippen molar-refractivity contribution in [1.29, 1.82) is 0 Å². The van der Waals surface area contributed by atoms with Crippen LogP contribution in [0.15, 0.2) is 39.9 Å². The molecule has 1 saturated carbocycles. The van der Waals surface area contributed by atoms with Gasteiger partial charge in [-0.25, -0.2) is 0 Å². The van der Waals surface area contributed by atoms with Crippen LogP contribution in [-0.4, -0.2) is 36.6 Å².